The van der Waals surface area contributed by atoms with Crippen molar-refractivity contribution in [3.8, 4) is 0 Å². The maximum atomic E-state index is 12.5. The van der Waals surface area contributed by atoms with Gasteiger partial charge >= 0.3 is 0 Å². The maximum absolute atomic E-state index is 12.5. The summed E-state index contributed by atoms with van der Waals surface area (Å²) in [6.07, 6.45) is 5.25. The predicted molar refractivity (Wildman–Crippen MR) is 94.4 cm³/mol. The van der Waals surface area contributed by atoms with Crippen molar-refractivity contribution in [3.05, 3.63) is 59.9 Å². The zero-order valence-corrected chi connectivity index (χ0v) is 14.9. The van der Waals surface area contributed by atoms with E-state index >= 15 is 0 Å². The van der Waals surface area contributed by atoms with E-state index in [9.17, 15) is 13.2 Å². The van der Waals surface area contributed by atoms with Crippen molar-refractivity contribution < 1.29 is 13.2 Å². The van der Waals surface area contributed by atoms with Gasteiger partial charge in [-0.05, 0) is 61.7 Å². The Kier molecular flexibility index (Phi) is 5.15. The monoisotopic (exact) mass is 359 g/mol. The van der Waals surface area contributed by atoms with E-state index in [0.29, 0.717) is 5.56 Å². The molecule has 0 radical (unpaired) electrons. The van der Waals surface area contributed by atoms with Gasteiger partial charge in [-0.15, -0.1) is 0 Å². The van der Waals surface area contributed by atoms with E-state index in [1.54, 1.807) is 36.7 Å². The lowest BCUT2D eigenvalue weighted by atomic mass is 10.2. The summed E-state index contributed by atoms with van der Waals surface area (Å²) in [7, 11) is -3.63. The van der Waals surface area contributed by atoms with Crippen molar-refractivity contribution >= 4 is 15.9 Å². The molecule has 1 amide bonds. The number of amides is 1. The fraction of sp³-hybridized carbons (Fsp3) is 0.333. The zero-order chi connectivity index (χ0) is 17.9. The first-order valence-corrected chi connectivity index (χ1v) is 9.75. The molecule has 7 heteroatoms. The first kappa shape index (κ1) is 17.6. The molecule has 0 spiro atoms. The molecule has 2 aromatic rings. The highest BCUT2D eigenvalue weighted by atomic mass is 32.2. The number of nitrogens with zero attached hydrogens (tertiary/aromatic N) is 2. The van der Waals surface area contributed by atoms with Crippen molar-refractivity contribution in [1.82, 2.24) is 14.6 Å². The Balaban J connectivity index is 1.69. The van der Waals surface area contributed by atoms with Gasteiger partial charge in [-0.3, -0.25) is 9.78 Å². The number of carbonyl (C=O) groups is 1. The SMILES string of the molecule is C[C@@H]1CCCN1C(=O)c1ccc(S(=O)(=O)NCc2ccncc2)cc1. The number of sulfonamides is 1. The molecule has 1 aliphatic heterocycles. The van der Waals surface area contributed by atoms with Crippen LogP contribution in [0.4, 0.5) is 0 Å². The Morgan fingerprint density at radius 1 is 1.20 bits per heavy atom. The van der Waals surface area contributed by atoms with Gasteiger partial charge in [-0.2, -0.15) is 0 Å². The summed E-state index contributed by atoms with van der Waals surface area (Å²) in [6.45, 7) is 2.98. The Bertz CT molecular complexity index is 836. The van der Waals surface area contributed by atoms with E-state index in [1.165, 1.54) is 12.1 Å². The number of pyridine rings is 1. The van der Waals surface area contributed by atoms with E-state index in [-0.39, 0.29) is 23.4 Å². The van der Waals surface area contributed by atoms with Crippen LogP contribution in [0.5, 0.6) is 0 Å². The van der Waals surface area contributed by atoms with Crippen LogP contribution in [0.3, 0.4) is 0 Å². The molecule has 2 heterocycles. The number of carbonyl (C=O) groups excluding carboxylic acids is 1. The number of aromatic nitrogens is 1. The third-order valence-electron chi connectivity index (χ3n) is 4.44. The molecule has 25 heavy (non-hydrogen) atoms. The van der Waals surface area contributed by atoms with Crippen LogP contribution in [0, 0.1) is 0 Å². The number of rotatable bonds is 5. The summed E-state index contributed by atoms with van der Waals surface area (Å²) in [5.74, 6) is -0.0429. The standard InChI is InChI=1S/C18H21N3O3S/c1-14-3-2-12-21(14)18(22)16-4-6-17(7-5-16)25(23,24)20-13-15-8-10-19-11-9-15/h4-11,14,20H,2-3,12-13H2,1H3/t14-/m1/s1. The minimum atomic E-state index is -3.63. The molecule has 0 saturated carbocycles. The van der Waals surface area contributed by atoms with Gasteiger partial charge in [-0.1, -0.05) is 0 Å². The van der Waals surface area contributed by atoms with Crippen LogP contribution in [-0.2, 0) is 16.6 Å². The van der Waals surface area contributed by atoms with Crippen molar-refractivity contribution in [2.45, 2.75) is 37.2 Å². The van der Waals surface area contributed by atoms with Gasteiger partial charge in [0.05, 0.1) is 4.90 Å². The van der Waals surface area contributed by atoms with Gasteiger partial charge in [0.25, 0.3) is 5.91 Å². The highest BCUT2D eigenvalue weighted by molar-refractivity contribution is 7.89. The molecule has 132 valence electrons. The van der Waals surface area contributed by atoms with Gasteiger partial charge in [0, 0.05) is 37.1 Å². The Labute approximate surface area is 147 Å². The van der Waals surface area contributed by atoms with Gasteiger partial charge in [-0.25, -0.2) is 13.1 Å². The summed E-state index contributed by atoms with van der Waals surface area (Å²) < 4.78 is 27.3. The molecule has 0 bridgehead atoms. The first-order valence-electron chi connectivity index (χ1n) is 8.27. The molecule has 1 aromatic heterocycles. The second-order valence-corrected chi connectivity index (χ2v) is 7.96. The first-order chi connectivity index (χ1) is 12.0. The molecule has 0 aliphatic carbocycles. The Hall–Kier alpha value is -2.25. The van der Waals surface area contributed by atoms with E-state index < -0.39 is 10.0 Å². The molecular weight excluding hydrogens is 338 g/mol. The number of nitrogens with one attached hydrogen (secondary N) is 1. The minimum absolute atomic E-state index is 0.0429. The third kappa shape index (κ3) is 4.05. The zero-order valence-electron chi connectivity index (χ0n) is 14.1. The molecule has 1 fully saturated rings. The van der Waals surface area contributed by atoms with E-state index in [0.717, 1.165) is 24.9 Å². The second-order valence-electron chi connectivity index (χ2n) is 6.19. The molecular formula is C18H21N3O3S. The van der Waals surface area contributed by atoms with Gasteiger partial charge in [0.15, 0.2) is 0 Å². The van der Waals surface area contributed by atoms with Crippen LogP contribution in [0.2, 0.25) is 0 Å². The van der Waals surface area contributed by atoms with Gasteiger partial charge in [0.1, 0.15) is 0 Å². The molecule has 1 aromatic carbocycles. The number of likely N-dealkylation sites (tertiary alicyclic amines) is 1. The van der Waals surface area contributed by atoms with Crippen LogP contribution in [-0.4, -0.2) is 36.8 Å². The topological polar surface area (TPSA) is 79.4 Å². The van der Waals surface area contributed by atoms with Crippen LogP contribution in [0.1, 0.15) is 35.7 Å². The van der Waals surface area contributed by atoms with Crippen molar-refractivity contribution in [2.24, 2.45) is 0 Å². The van der Waals surface area contributed by atoms with Crippen LogP contribution in [0.25, 0.3) is 0 Å². The molecule has 1 N–H and O–H groups in total. The summed E-state index contributed by atoms with van der Waals surface area (Å²) in [5.41, 5.74) is 1.34. The fourth-order valence-corrected chi connectivity index (χ4v) is 3.96. The van der Waals surface area contributed by atoms with Gasteiger partial charge in [0.2, 0.25) is 10.0 Å². The fourth-order valence-electron chi connectivity index (χ4n) is 2.94. The van der Waals surface area contributed by atoms with Crippen molar-refractivity contribution in [3.63, 3.8) is 0 Å². The van der Waals surface area contributed by atoms with Crippen LogP contribution >= 0.6 is 0 Å². The smallest absolute Gasteiger partial charge is 0.254 e. The lowest BCUT2D eigenvalue weighted by molar-refractivity contribution is 0.0747. The molecule has 0 unspecified atom stereocenters. The van der Waals surface area contributed by atoms with E-state index in [2.05, 4.69) is 9.71 Å². The summed E-state index contributed by atoms with van der Waals surface area (Å²) in [4.78, 5) is 18.4. The normalized spacial score (nSPS) is 17.6. The molecule has 6 nitrogen and oxygen atoms in total. The second kappa shape index (κ2) is 7.33. The Morgan fingerprint density at radius 3 is 2.48 bits per heavy atom. The minimum Gasteiger partial charge on any atom is -0.336 e. The number of benzene rings is 1. The third-order valence-corrected chi connectivity index (χ3v) is 5.86. The van der Waals surface area contributed by atoms with Gasteiger partial charge < -0.3 is 4.90 Å². The lowest BCUT2D eigenvalue weighted by Gasteiger charge is -2.21. The summed E-state index contributed by atoms with van der Waals surface area (Å²) in [6, 6.07) is 9.84. The highest BCUT2D eigenvalue weighted by Crippen LogP contribution is 2.20. The Morgan fingerprint density at radius 2 is 1.88 bits per heavy atom. The summed E-state index contributed by atoms with van der Waals surface area (Å²) in [5, 5.41) is 0. The van der Waals surface area contributed by atoms with E-state index in [4.69, 9.17) is 0 Å². The summed E-state index contributed by atoms with van der Waals surface area (Å²) >= 11 is 0. The predicted octanol–water partition coefficient (Wildman–Crippen LogP) is 2.18. The average Bonchev–Trinajstić information content (AvgIpc) is 3.06. The number of hydrogen-bond acceptors (Lipinski definition) is 4. The molecule has 1 aliphatic rings. The van der Waals surface area contributed by atoms with Crippen molar-refractivity contribution in [2.75, 3.05) is 6.54 Å². The molecule has 3 rings (SSSR count). The van der Waals surface area contributed by atoms with Crippen LogP contribution < -0.4 is 4.72 Å². The van der Waals surface area contributed by atoms with Crippen LogP contribution in [0.15, 0.2) is 53.7 Å². The molecule has 1 atom stereocenters. The quantitative estimate of drug-likeness (QED) is 0.887. The molecule has 1 saturated heterocycles. The highest BCUT2D eigenvalue weighted by Gasteiger charge is 2.26. The maximum Gasteiger partial charge on any atom is 0.254 e. The average molecular weight is 359 g/mol. The van der Waals surface area contributed by atoms with Crippen molar-refractivity contribution in [1.29, 1.82) is 0 Å². The number of hydrogen-bond donors (Lipinski definition) is 1. The largest absolute Gasteiger partial charge is 0.336 e. The van der Waals surface area contributed by atoms with E-state index in [1.807, 2.05) is 11.8 Å². The lowest BCUT2D eigenvalue weighted by Crippen LogP contribution is -2.33.